The maximum atomic E-state index is 13.8. The van der Waals surface area contributed by atoms with Gasteiger partial charge in [-0.1, -0.05) is 18.2 Å². The monoisotopic (exact) mass is 240 g/mol. The number of aromatic nitrogens is 1. The van der Waals surface area contributed by atoms with Crippen LogP contribution in [0.3, 0.4) is 0 Å². The molecule has 0 radical (unpaired) electrons. The summed E-state index contributed by atoms with van der Waals surface area (Å²) >= 11 is 0. The molecule has 90 valence electrons. The molecular weight excluding hydrogens is 227 g/mol. The second-order valence-corrected chi connectivity index (χ2v) is 4.23. The molecule has 0 amide bonds. The fraction of sp³-hybridized carbons (Fsp3) is 0.0667. The fourth-order valence-corrected chi connectivity index (χ4v) is 2.18. The summed E-state index contributed by atoms with van der Waals surface area (Å²) in [5.74, 6) is -0.224. The highest BCUT2D eigenvalue weighted by Crippen LogP contribution is 2.23. The Balaban J connectivity index is 2.22. The van der Waals surface area contributed by atoms with Crippen LogP contribution in [0.5, 0.6) is 0 Å². The van der Waals surface area contributed by atoms with Crippen LogP contribution in [0, 0.1) is 5.82 Å². The summed E-state index contributed by atoms with van der Waals surface area (Å²) < 4.78 is 15.6. The number of halogens is 1. The second-order valence-electron chi connectivity index (χ2n) is 4.23. The topological polar surface area (TPSA) is 30.9 Å². The quantitative estimate of drug-likeness (QED) is 0.732. The van der Waals surface area contributed by atoms with Gasteiger partial charge in [0.15, 0.2) is 0 Å². The number of nitrogens with zero attached hydrogens (tertiary/aromatic N) is 1. The van der Waals surface area contributed by atoms with Gasteiger partial charge < -0.3 is 10.3 Å². The van der Waals surface area contributed by atoms with E-state index in [-0.39, 0.29) is 5.82 Å². The van der Waals surface area contributed by atoms with Gasteiger partial charge in [-0.3, -0.25) is 0 Å². The molecule has 3 rings (SSSR count). The van der Waals surface area contributed by atoms with Crippen molar-refractivity contribution in [2.75, 3.05) is 0 Å². The van der Waals surface area contributed by atoms with Gasteiger partial charge in [-0.25, -0.2) is 4.39 Å². The van der Waals surface area contributed by atoms with Gasteiger partial charge in [0, 0.05) is 18.1 Å². The molecule has 0 aliphatic carbocycles. The molecule has 0 spiro atoms. The lowest BCUT2D eigenvalue weighted by Gasteiger charge is -2.07. The van der Waals surface area contributed by atoms with Crippen molar-refractivity contribution in [3.8, 4) is 5.69 Å². The van der Waals surface area contributed by atoms with Crippen molar-refractivity contribution >= 4 is 10.9 Å². The standard InChI is InChI=1S/C15H13FN2/c16-13-3-1-2-4-15(13)18-8-7-12-9-11(10-17)5-6-14(12)18/h1-9H,10,17H2. The molecule has 2 nitrogen and oxygen atoms in total. The van der Waals surface area contributed by atoms with E-state index in [0.717, 1.165) is 16.5 Å². The van der Waals surface area contributed by atoms with Crippen molar-refractivity contribution in [3.63, 3.8) is 0 Å². The van der Waals surface area contributed by atoms with Gasteiger partial charge in [0.25, 0.3) is 0 Å². The molecule has 0 bridgehead atoms. The molecule has 0 atom stereocenters. The van der Waals surface area contributed by atoms with Crippen molar-refractivity contribution in [1.82, 2.24) is 4.57 Å². The molecule has 3 heteroatoms. The molecule has 2 aromatic carbocycles. The average Bonchev–Trinajstić information content (AvgIpc) is 2.82. The largest absolute Gasteiger partial charge is 0.326 e. The number of nitrogens with two attached hydrogens (primary N) is 1. The zero-order valence-electron chi connectivity index (χ0n) is 9.81. The number of hydrogen-bond donors (Lipinski definition) is 1. The maximum Gasteiger partial charge on any atom is 0.147 e. The SMILES string of the molecule is NCc1ccc2c(ccn2-c2ccccc2F)c1. The first-order valence-electron chi connectivity index (χ1n) is 5.84. The summed E-state index contributed by atoms with van der Waals surface area (Å²) in [6, 6.07) is 14.7. The lowest BCUT2D eigenvalue weighted by molar-refractivity contribution is 0.620. The second kappa shape index (κ2) is 4.27. The van der Waals surface area contributed by atoms with Gasteiger partial charge in [-0.15, -0.1) is 0 Å². The molecule has 0 aliphatic rings. The number of hydrogen-bond acceptors (Lipinski definition) is 1. The van der Waals surface area contributed by atoms with Crippen molar-refractivity contribution in [2.45, 2.75) is 6.54 Å². The number of para-hydroxylation sites is 1. The third-order valence-corrected chi connectivity index (χ3v) is 3.10. The molecule has 0 fully saturated rings. The first kappa shape index (κ1) is 11.0. The lowest BCUT2D eigenvalue weighted by atomic mass is 10.1. The smallest absolute Gasteiger partial charge is 0.147 e. The molecule has 0 saturated heterocycles. The zero-order valence-corrected chi connectivity index (χ0v) is 9.81. The van der Waals surface area contributed by atoms with Crippen molar-refractivity contribution < 1.29 is 4.39 Å². The van der Waals surface area contributed by atoms with E-state index >= 15 is 0 Å². The van der Waals surface area contributed by atoms with Crippen LogP contribution in [-0.4, -0.2) is 4.57 Å². The van der Waals surface area contributed by atoms with Crippen LogP contribution < -0.4 is 5.73 Å². The Morgan fingerprint density at radius 1 is 1.06 bits per heavy atom. The molecule has 0 unspecified atom stereocenters. The molecule has 0 aliphatic heterocycles. The Morgan fingerprint density at radius 3 is 2.67 bits per heavy atom. The minimum Gasteiger partial charge on any atom is -0.326 e. The highest BCUT2D eigenvalue weighted by molar-refractivity contribution is 5.82. The minimum absolute atomic E-state index is 0.224. The normalized spacial score (nSPS) is 11.0. The molecule has 1 heterocycles. The molecule has 3 aromatic rings. The zero-order chi connectivity index (χ0) is 12.5. The van der Waals surface area contributed by atoms with E-state index in [1.807, 2.05) is 41.1 Å². The maximum absolute atomic E-state index is 13.8. The summed E-state index contributed by atoms with van der Waals surface area (Å²) in [5, 5.41) is 1.07. The predicted molar refractivity (Wildman–Crippen MR) is 71.1 cm³/mol. The summed E-state index contributed by atoms with van der Waals surface area (Å²) in [6.07, 6.45) is 1.88. The molecular formula is C15H13FN2. The van der Waals surface area contributed by atoms with Crippen molar-refractivity contribution in [1.29, 1.82) is 0 Å². The minimum atomic E-state index is -0.224. The molecule has 1 aromatic heterocycles. The Kier molecular flexibility index (Phi) is 2.61. The van der Waals surface area contributed by atoms with Gasteiger partial charge in [0.05, 0.1) is 11.2 Å². The van der Waals surface area contributed by atoms with E-state index < -0.39 is 0 Å². The molecule has 2 N–H and O–H groups in total. The van der Waals surface area contributed by atoms with E-state index in [0.29, 0.717) is 12.2 Å². The van der Waals surface area contributed by atoms with Gasteiger partial charge in [-0.05, 0) is 35.9 Å². The Bertz CT molecular complexity index is 701. The van der Waals surface area contributed by atoms with Gasteiger partial charge in [-0.2, -0.15) is 0 Å². The van der Waals surface area contributed by atoms with Crippen LogP contribution >= 0.6 is 0 Å². The molecule has 0 saturated carbocycles. The first-order chi connectivity index (χ1) is 8.79. The van der Waals surface area contributed by atoms with Crippen LogP contribution in [0.25, 0.3) is 16.6 Å². The third kappa shape index (κ3) is 1.69. The van der Waals surface area contributed by atoms with Crippen LogP contribution in [0.1, 0.15) is 5.56 Å². The number of benzene rings is 2. The average molecular weight is 240 g/mol. The van der Waals surface area contributed by atoms with Gasteiger partial charge in [0.2, 0.25) is 0 Å². The van der Waals surface area contributed by atoms with E-state index in [2.05, 4.69) is 0 Å². The Labute approximate surface area is 104 Å². The van der Waals surface area contributed by atoms with Gasteiger partial charge in [0.1, 0.15) is 5.82 Å². The van der Waals surface area contributed by atoms with Crippen LogP contribution in [0.2, 0.25) is 0 Å². The van der Waals surface area contributed by atoms with Crippen molar-refractivity contribution in [3.05, 3.63) is 66.1 Å². The van der Waals surface area contributed by atoms with Crippen LogP contribution in [0.4, 0.5) is 4.39 Å². The number of rotatable bonds is 2. The summed E-state index contributed by atoms with van der Waals surface area (Å²) in [7, 11) is 0. The van der Waals surface area contributed by atoms with E-state index in [1.54, 1.807) is 12.1 Å². The number of fused-ring (bicyclic) bond motifs is 1. The van der Waals surface area contributed by atoms with Crippen LogP contribution in [0.15, 0.2) is 54.7 Å². The van der Waals surface area contributed by atoms with Crippen molar-refractivity contribution in [2.24, 2.45) is 5.73 Å². The Hall–Kier alpha value is -2.13. The first-order valence-corrected chi connectivity index (χ1v) is 5.84. The highest BCUT2D eigenvalue weighted by atomic mass is 19.1. The highest BCUT2D eigenvalue weighted by Gasteiger charge is 2.07. The van der Waals surface area contributed by atoms with Crippen LogP contribution in [-0.2, 0) is 6.54 Å². The predicted octanol–water partition coefficient (Wildman–Crippen LogP) is 3.23. The summed E-state index contributed by atoms with van der Waals surface area (Å²) in [5.41, 5.74) is 8.24. The molecule has 18 heavy (non-hydrogen) atoms. The fourth-order valence-electron chi connectivity index (χ4n) is 2.18. The lowest BCUT2D eigenvalue weighted by Crippen LogP contribution is -1.97. The third-order valence-electron chi connectivity index (χ3n) is 3.10. The summed E-state index contributed by atoms with van der Waals surface area (Å²) in [4.78, 5) is 0. The summed E-state index contributed by atoms with van der Waals surface area (Å²) in [6.45, 7) is 0.515. The Morgan fingerprint density at radius 2 is 1.89 bits per heavy atom. The van der Waals surface area contributed by atoms with E-state index in [4.69, 9.17) is 5.73 Å². The van der Waals surface area contributed by atoms with E-state index in [1.165, 1.54) is 6.07 Å². The van der Waals surface area contributed by atoms with E-state index in [9.17, 15) is 4.39 Å². The van der Waals surface area contributed by atoms with Gasteiger partial charge >= 0.3 is 0 Å².